The molecule has 0 bridgehead atoms. The van der Waals surface area contributed by atoms with E-state index < -0.39 is 9.84 Å². The van der Waals surface area contributed by atoms with Crippen molar-refractivity contribution < 1.29 is 12.8 Å². The van der Waals surface area contributed by atoms with E-state index in [0.717, 1.165) is 5.76 Å². The molecule has 1 heterocycles. The first-order valence-electron chi connectivity index (χ1n) is 6.05. The summed E-state index contributed by atoms with van der Waals surface area (Å²) in [5.41, 5.74) is 0.629. The second kappa shape index (κ2) is 5.48. The van der Waals surface area contributed by atoms with Crippen LogP contribution in [0, 0.1) is 0 Å². The lowest BCUT2D eigenvalue weighted by Crippen LogP contribution is -2.19. The third-order valence-electron chi connectivity index (χ3n) is 2.78. The van der Waals surface area contributed by atoms with Crippen molar-refractivity contribution in [3.63, 3.8) is 0 Å². The zero-order valence-corrected chi connectivity index (χ0v) is 11.8. The molecule has 0 aliphatic rings. The fourth-order valence-electron chi connectivity index (χ4n) is 1.96. The van der Waals surface area contributed by atoms with Crippen LogP contribution < -0.4 is 5.32 Å². The molecule has 4 nitrogen and oxygen atoms in total. The molecule has 0 fully saturated rings. The molecular formula is C14H17NO3S. The second-order valence-electron chi connectivity index (χ2n) is 4.60. The highest BCUT2D eigenvalue weighted by molar-refractivity contribution is 7.90. The van der Waals surface area contributed by atoms with E-state index in [1.54, 1.807) is 24.5 Å². The Morgan fingerprint density at radius 3 is 2.58 bits per heavy atom. The Labute approximate surface area is 113 Å². The van der Waals surface area contributed by atoms with E-state index >= 15 is 0 Å². The molecule has 0 spiro atoms. The smallest absolute Gasteiger partial charge is 0.177 e. The van der Waals surface area contributed by atoms with Gasteiger partial charge in [-0.3, -0.25) is 0 Å². The van der Waals surface area contributed by atoms with Gasteiger partial charge in [0.15, 0.2) is 9.84 Å². The van der Waals surface area contributed by atoms with E-state index in [-0.39, 0.29) is 6.04 Å². The molecule has 1 aromatic carbocycles. The summed E-state index contributed by atoms with van der Waals surface area (Å²) >= 11 is 0. The van der Waals surface area contributed by atoms with Gasteiger partial charge >= 0.3 is 0 Å². The number of sulfone groups is 1. The molecule has 0 saturated heterocycles. The van der Waals surface area contributed by atoms with Gasteiger partial charge in [-0.2, -0.15) is 0 Å². The first-order chi connectivity index (χ1) is 8.97. The molecule has 2 aromatic rings. The van der Waals surface area contributed by atoms with Crippen molar-refractivity contribution in [2.45, 2.75) is 24.3 Å². The topological polar surface area (TPSA) is 59.3 Å². The van der Waals surface area contributed by atoms with Gasteiger partial charge in [0.05, 0.1) is 16.8 Å². The van der Waals surface area contributed by atoms with E-state index in [4.69, 9.17) is 4.42 Å². The lowest BCUT2D eigenvalue weighted by molar-refractivity contribution is 0.497. The second-order valence-corrected chi connectivity index (χ2v) is 6.58. The van der Waals surface area contributed by atoms with E-state index in [1.165, 1.54) is 6.26 Å². The van der Waals surface area contributed by atoms with E-state index in [0.29, 0.717) is 17.0 Å². The SMILES string of the molecule is CC(Cc1ccco1)Nc1ccccc1S(C)(=O)=O. The number of nitrogens with one attached hydrogen (secondary N) is 1. The summed E-state index contributed by atoms with van der Waals surface area (Å²) in [5, 5.41) is 3.22. The zero-order valence-electron chi connectivity index (χ0n) is 11.0. The van der Waals surface area contributed by atoms with Crippen LogP contribution in [0.1, 0.15) is 12.7 Å². The number of benzene rings is 1. The Balaban J connectivity index is 2.15. The van der Waals surface area contributed by atoms with Crippen molar-refractivity contribution in [2.75, 3.05) is 11.6 Å². The predicted molar refractivity (Wildman–Crippen MR) is 75.0 cm³/mol. The minimum Gasteiger partial charge on any atom is -0.469 e. The Hall–Kier alpha value is -1.75. The molecule has 1 N–H and O–H groups in total. The summed E-state index contributed by atoms with van der Waals surface area (Å²) in [7, 11) is -3.23. The Bertz CT molecular complexity index is 632. The molecule has 1 aromatic heterocycles. The fourth-order valence-corrected chi connectivity index (χ4v) is 2.81. The maximum absolute atomic E-state index is 11.7. The van der Waals surface area contributed by atoms with Crippen LogP contribution in [0.3, 0.4) is 0 Å². The summed E-state index contributed by atoms with van der Waals surface area (Å²) in [4.78, 5) is 0.321. The molecule has 0 radical (unpaired) electrons. The quantitative estimate of drug-likeness (QED) is 0.914. The molecule has 19 heavy (non-hydrogen) atoms. The van der Waals surface area contributed by atoms with Crippen molar-refractivity contribution in [1.82, 2.24) is 0 Å². The van der Waals surface area contributed by atoms with Crippen molar-refractivity contribution in [3.8, 4) is 0 Å². The van der Waals surface area contributed by atoms with Crippen molar-refractivity contribution >= 4 is 15.5 Å². The Kier molecular flexibility index (Phi) is 3.95. The maximum atomic E-state index is 11.7. The van der Waals surface area contributed by atoms with Crippen LogP contribution in [0.15, 0.2) is 52.0 Å². The summed E-state index contributed by atoms with van der Waals surface area (Å²) < 4.78 is 28.7. The van der Waals surface area contributed by atoms with Crippen LogP contribution in [-0.4, -0.2) is 20.7 Å². The Morgan fingerprint density at radius 1 is 1.21 bits per heavy atom. The van der Waals surface area contributed by atoms with Gasteiger partial charge in [-0.1, -0.05) is 12.1 Å². The predicted octanol–water partition coefficient (Wildman–Crippen LogP) is 2.73. The lowest BCUT2D eigenvalue weighted by Gasteiger charge is -2.16. The highest BCUT2D eigenvalue weighted by Crippen LogP contribution is 2.22. The number of furan rings is 1. The summed E-state index contributed by atoms with van der Waals surface area (Å²) in [5.74, 6) is 0.872. The number of para-hydroxylation sites is 1. The average Bonchev–Trinajstić information content (AvgIpc) is 2.81. The van der Waals surface area contributed by atoms with Gasteiger partial charge in [0.25, 0.3) is 0 Å². The summed E-state index contributed by atoms with van der Waals surface area (Å²) in [6.45, 7) is 1.99. The monoisotopic (exact) mass is 279 g/mol. The third-order valence-corrected chi connectivity index (χ3v) is 3.93. The molecule has 0 aliphatic carbocycles. The number of hydrogen-bond donors (Lipinski definition) is 1. The maximum Gasteiger partial charge on any atom is 0.177 e. The van der Waals surface area contributed by atoms with Crippen molar-refractivity contribution in [2.24, 2.45) is 0 Å². The zero-order chi connectivity index (χ0) is 13.9. The fraction of sp³-hybridized carbons (Fsp3) is 0.286. The van der Waals surface area contributed by atoms with Gasteiger partial charge in [-0.25, -0.2) is 8.42 Å². The number of hydrogen-bond acceptors (Lipinski definition) is 4. The largest absolute Gasteiger partial charge is 0.469 e. The highest BCUT2D eigenvalue weighted by atomic mass is 32.2. The molecular weight excluding hydrogens is 262 g/mol. The first kappa shape index (κ1) is 13.7. The van der Waals surface area contributed by atoms with E-state index in [2.05, 4.69) is 5.32 Å². The molecule has 0 amide bonds. The lowest BCUT2D eigenvalue weighted by atomic mass is 10.2. The number of anilines is 1. The van der Waals surface area contributed by atoms with Crippen LogP contribution in [0.4, 0.5) is 5.69 Å². The molecule has 2 rings (SSSR count). The molecule has 102 valence electrons. The summed E-state index contributed by atoms with van der Waals surface area (Å²) in [6, 6.07) is 10.7. The van der Waals surface area contributed by atoms with Crippen LogP contribution in [0.25, 0.3) is 0 Å². The normalized spacial score (nSPS) is 13.2. The highest BCUT2D eigenvalue weighted by Gasteiger charge is 2.14. The van der Waals surface area contributed by atoms with Gasteiger partial charge in [0.2, 0.25) is 0 Å². The average molecular weight is 279 g/mol. The first-order valence-corrected chi connectivity index (χ1v) is 7.94. The minimum absolute atomic E-state index is 0.0778. The minimum atomic E-state index is -3.23. The van der Waals surface area contributed by atoms with E-state index in [1.807, 2.05) is 25.1 Å². The van der Waals surface area contributed by atoms with Gasteiger partial charge in [0.1, 0.15) is 5.76 Å². The van der Waals surface area contributed by atoms with Crippen molar-refractivity contribution in [3.05, 3.63) is 48.4 Å². The van der Waals surface area contributed by atoms with Gasteiger partial charge < -0.3 is 9.73 Å². The summed E-state index contributed by atoms with van der Waals surface area (Å²) in [6.07, 6.45) is 3.54. The van der Waals surface area contributed by atoms with Gasteiger partial charge in [-0.05, 0) is 31.2 Å². The molecule has 1 unspecified atom stereocenters. The molecule has 5 heteroatoms. The van der Waals surface area contributed by atoms with Crippen LogP contribution in [0.5, 0.6) is 0 Å². The molecule has 0 saturated carbocycles. The van der Waals surface area contributed by atoms with Crippen LogP contribution in [0.2, 0.25) is 0 Å². The van der Waals surface area contributed by atoms with Crippen LogP contribution >= 0.6 is 0 Å². The van der Waals surface area contributed by atoms with Gasteiger partial charge in [0, 0.05) is 18.7 Å². The Morgan fingerprint density at radius 2 is 1.95 bits per heavy atom. The van der Waals surface area contributed by atoms with E-state index in [9.17, 15) is 8.42 Å². The number of rotatable bonds is 5. The van der Waals surface area contributed by atoms with Crippen LogP contribution in [-0.2, 0) is 16.3 Å². The molecule has 1 atom stereocenters. The van der Waals surface area contributed by atoms with Crippen molar-refractivity contribution in [1.29, 1.82) is 0 Å². The third kappa shape index (κ3) is 3.61. The van der Waals surface area contributed by atoms with Gasteiger partial charge in [-0.15, -0.1) is 0 Å². The standard InChI is InChI=1S/C14H17NO3S/c1-11(10-12-6-5-9-18-12)15-13-7-3-4-8-14(13)19(2,16)17/h3-9,11,15H,10H2,1-2H3. The molecule has 0 aliphatic heterocycles.